The van der Waals surface area contributed by atoms with Crippen molar-refractivity contribution in [1.82, 2.24) is 10.2 Å². The topological polar surface area (TPSA) is 44.7 Å². The van der Waals surface area contributed by atoms with E-state index in [2.05, 4.69) is 15.0 Å². The van der Waals surface area contributed by atoms with E-state index in [1.807, 2.05) is 0 Å². The maximum Gasteiger partial charge on any atom is 0.573 e. The number of halogens is 3. The zero-order valence-electron chi connectivity index (χ0n) is 12.8. The Hall–Kier alpha value is -1.47. The number of alkyl halides is 3. The van der Waals surface area contributed by atoms with Crippen molar-refractivity contribution in [3.05, 3.63) is 23.8 Å². The van der Waals surface area contributed by atoms with E-state index in [4.69, 9.17) is 0 Å². The van der Waals surface area contributed by atoms with Gasteiger partial charge in [-0.1, -0.05) is 6.42 Å². The molecule has 0 radical (unpaired) electrons. The molecule has 0 aromatic heterocycles. The normalized spacial score (nSPS) is 21.7. The van der Waals surface area contributed by atoms with Crippen molar-refractivity contribution in [2.45, 2.75) is 31.7 Å². The summed E-state index contributed by atoms with van der Waals surface area (Å²) in [5.41, 5.74) is 0.540. The minimum atomic E-state index is -4.73. The first-order chi connectivity index (χ1) is 10.9. The fraction of sp³-hybridized carbons (Fsp3) is 0.625. The van der Waals surface area contributed by atoms with E-state index in [9.17, 15) is 18.3 Å². The lowest BCUT2D eigenvalue weighted by atomic mass is 9.76. The summed E-state index contributed by atoms with van der Waals surface area (Å²) < 4.78 is 41.4. The van der Waals surface area contributed by atoms with Crippen LogP contribution in [-0.2, 0) is 0 Å². The molecule has 1 aromatic carbocycles. The molecule has 0 unspecified atom stereocenters. The van der Waals surface area contributed by atoms with Crippen molar-refractivity contribution in [3.8, 4) is 11.5 Å². The second kappa shape index (κ2) is 6.57. The number of hydrogen-bond donors (Lipinski definition) is 2. The molecular weight excluding hydrogens is 309 g/mol. The molecular formula is C16H21F3N2O2. The van der Waals surface area contributed by atoms with E-state index in [1.54, 1.807) is 0 Å². The van der Waals surface area contributed by atoms with Gasteiger partial charge in [-0.2, -0.15) is 0 Å². The first-order valence-electron chi connectivity index (χ1n) is 7.97. The van der Waals surface area contributed by atoms with Crippen molar-refractivity contribution < 1.29 is 23.0 Å². The number of ether oxygens (including phenoxy) is 1. The maximum atomic E-state index is 12.5. The summed E-state index contributed by atoms with van der Waals surface area (Å²) in [5, 5.41) is 13.5. The van der Waals surface area contributed by atoms with Crippen LogP contribution in [0.3, 0.4) is 0 Å². The molecule has 0 amide bonds. The van der Waals surface area contributed by atoms with E-state index in [1.165, 1.54) is 12.1 Å². The van der Waals surface area contributed by atoms with Gasteiger partial charge in [0.2, 0.25) is 0 Å². The summed E-state index contributed by atoms with van der Waals surface area (Å²) in [4.78, 5) is 2.26. The highest BCUT2D eigenvalue weighted by molar-refractivity contribution is 5.42. The fourth-order valence-electron chi connectivity index (χ4n) is 3.43. The first kappa shape index (κ1) is 16.4. The van der Waals surface area contributed by atoms with Crippen LogP contribution in [0.15, 0.2) is 18.2 Å². The van der Waals surface area contributed by atoms with Gasteiger partial charge in [0.1, 0.15) is 11.5 Å². The number of nitrogens with zero attached hydrogens (tertiary/aromatic N) is 1. The second-order valence-corrected chi connectivity index (χ2v) is 6.19. The van der Waals surface area contributed by atoms with Crippen molar-refractivity contribution in [2.24, 2.45) is 5.92 Å². The van der Waals surface area contributed by atoms with Gasteiger partial charge in [-0.25, -0.2) is 0 Å². The van der Waals surface area contributed by atoms with Crippen LogP contribution in [0.5, 0.6) is 11.5 Å². The monoisotopic (exact) mass is 330 g/mol. The largest absolute Gasteiger partial charge is 0.573 e. The third-order valence-corrected chi connectivity index (χ3v) is 4.69. The number of nitrogens with one attached hydrogen (secondary N) is 1. The molecule has 23 heavy (non-hydrogen) atoms. The molecule has 4 nitrogen and oxygen atoms in total. The third kappa shape index (κ3) is 3.90. The number of piperazine rings is 1. The average Bonchev–Trinajstić information content (AvgIpc) is 2.44. The van der Waals surface area contributed by atoms with E-state index in [0.717, 1.165) is 51.5 Å². The van der Waals surface area contributed by atoms with Gasteiger partial charge in [0.25, 0.3) is 0 Å². The zero-order chi connectivity index (χ0) is 16.4. The SMILES string of the molecule is Oc1ccc(OC(F)(F)F)cc1[C@@H](C1CCC1)N1CCNCC1. The summed E-state index contributed by atoms with van der Waals surface area (Å²) in [6.45, 7) is 3.35. The maximum absolute atomic E-state index is 12.5. The van der Waals surface area contributed by atoms with Gasteiger partial charge in [0, 0.05) is 37.8 Å². The molecule has 1 saturated carbocycles. The van der Waals surface area contributed by atoms with Crippen LogP contribution in [0, 0.1) is 5.92 Å². The lowest BCUT2D eigenvalue weighted by Crippen LogP contribution is -2.47. The molecule has 2 N–H and O–H groups in total. The lowest BCUT2D eigenvalue weighted by Gasteiger charge is -2.43. The fourth-order valence-corrected chi connectivity index (χ4v) is 3.43. The molecule has 1 saturated heterocycles. The molecule has 1 heterocycles. The summed E-state index contributed by atoms with van der Waals surface area (Å²) in [5.74, 6) is 0.139. The Morgan fingerprint density at radius 1 is 1.22 bits per heavy atom. The highest BCUT2D eigenvalue weighted by Gasteiger charge is 2.36. The number of benzene rings is 1. The Morgan fingerprint density at radius 3 is 2.48 bits per heavy atom. The van der Waals surface area contributed by atoms with Crippen LogP contribution < -0.4 is 10.1 Å². The Balaban J connectivity index is 1.89. The first-order valence-corrected chi connectivity index (χ1v) is 7.97. The smallest absolute Gasteiger partial charge is 0.508 e. The Kier molecular flexibility index (Phi) is 4.68. The van der Waals surface area contributed by atoms with Crippen LogP contribution >= 0.6 is 0 Å². The summed E-state index contributed by atoms with van der Waals surface area (Å²) in [7, 11) is 0. The summed E-state index contributed by atoms with van der Waals surface area (Å²) in [6.07, 6.45) is -1.52. The van der Waals surface area contributed by atoms with Crippen LogP contribution in [0.25, 0.3) is 0 Å². The van der Waals surface area contributed by atoms with Crippen molar-refractivity contribution >= 4 is 0 Å². The number of aromatic hydroxyl groups is 1. The third-order valence-electron chi connectivity index (χ3n) is 4.69. The molecule has 3 rings (SSSR count). The number of hydrogen-bond acceptors (Lipinski definition) is 4. The van der Waals surface area contributed by atoms with E-state index >= 15 is 0 Å². The highest BCUT2D eigenvalue weighted by atomic mass is 19.4. The zero-order valence-corrected chi connectivity index (χ0v) is 12.8. The molecule has 2 aliphatic rings. The van der Waals surface area contributed by atoms with Gasteiger partial charge < -0.3 is 15.2 Å². The van der Waals surface area contributed by atoms with Crippen LogP contribution in [0.1, 0.15) is 30.9 Å². The second-order valence-electron chi connectivity index (χ2n) is 6.19. The lowest BCUT2D eigenvalue weighted by molar-refractivity contribution is -0.274. The Bertz CT molecular complexity index is 541. The van der Waals surface area contributed by atoms with Crippen LogP contribution in [-0.4, -0.2) is 42.5 Å². The molecule has 1 aromatic rings. The molecule has 0 spiro atoms. The predicted molar refractivity (Wildman–Crippen MR) is 79.3 cm³/mol. The van der Waals surface area contributed by atoms with Crippen molar-refractivity contribution in [2.75, 3.05) is 26.2 Å². The average molecular weight is 330 g/mol. The summed E-state index contributed by atoms with van der Waals surface area (Å²) in [6, 6.07) is 3.74. The molecule has 0 bridgehead atoms. The minimum absolute atomic E-state index is 0.0370. The van der Waals surface area contributed by atoms with E-state index in [0.29, 0.717) is 11.5 Å². The highest BCUT2D eigenvalue weighted by Crippen LogP contribution is 2.45. The molecule has 1 atom stereocenters. The molecule has 2 fully saturated rings. The number of rotatable bonds is 4. The Labute approximate surface area is 133 Å². The minimum Gasteiger partial charge on any atom is -0.508 e. The predicted octanol–water partition coefficient (Wildman–Crippen LogP) is 3.04. The quantitative estimate of drug-likeness (QED) is 0.891. The standard InChI is InChI=1S/C16H21F3N2O2/c17-16(18,19)23-12-4-5-14(22)13(10-12)15(11-2-1-3-11)21-8-6-20-7-9-21/h4-5,10-11,15,20,22H,1-3,6-9H2/t15-/m1/s1. The van der Waals surface area contributed by atoms with Gasteiger partial charge in [0.05, 0.1) is 0 Å². The molecule has 1 aliphatic carbocycles. The number of phenolic OH excluding ortho intramolecular Hbond substituents is 1. The van der Waals surface area contributed by atoms with E-state index in [-0.39, 0.29) is 17.5 Å². The van der Waals surface area contributed by atoms with E-state index < -0.39 is 6.36 Å². The molecule has 1 aliphatic heterocycles. The van der Waals surface area contributed by atoms with Gasteiger partial charge in [0.15, 0.2) is 0 Å². The van der Waals surface area contributed by atoms with Crippen LogP contribution in [0.4, 0.5) is 13.2 Å². The summed E-state index contributed by atoms with van der Waals surface area (Å²) >= 11 is 0. The van der Waals surface area contributed by atoms with Gasteiger partial charge in [-0.3, -0.25) is 4.90 Å². The van der Waals surface area contributed by atoms with Crippen molar-refractivity contribution in [3.63, 3.8) is 0 Å². The molecule has 128 valence electrons. The van der Waals surface area contributed by atoms with Gasteiger partial charge in [-0.15, -0.1) is 13.2 Å². The van der Waals surface area contributed by atoms with Crippen LogP contribution in [0.2, 0.25) is 0 Å². The Morgan fingerprint density at radius 2 is 1.91 bits per heavy atom. The molecule has 7 heteroatoms. The number of phenols is 1. The van der Waals surface area contributed by atoms with Gasteiger partial charge in [-0.05, 0) is 37.0 Å². The van der Waals surface area contributed by atoms with Crippen molar-refractivity contribution in [1.29, 1.82) is 0 Å². The van der Waals surface area contributed by atoms with Gasteiger partial charge >= 0.3 is 6.36 Å².